The highest BCUT2D eigenvalue weighted by molar-refractivity contribution is 9.11. The normalized spacial score (nSPS) is 11.6. The zero-order chi connectivity index (χ0) is 14.2. The van der Waals surface area contributed by atoms with E-state index in [-0.39, 0.29) is 24.3 Å². The summed E-state index contributed by atoms with van der Waals surface area (Å²) in [4.78, 5) is 0.265. The van der Waals surface area contributed by atoms with Gasteiger partial charge in [-0.1, -0.05) is 41.4 Å². The van der Waals surface area contributed by atoms with Crippen LogP contribution < -0.4 is 0 Å². The molecule has 0 bridgehead atoms. The van der Waals surface area contributed by atoms with Gasteiger partial charge >= 0.3 is 0 Å². The van der Waals surface area contributed by atoms with Gasteiger partial charge in [-0.3, -0.25) is 0 Å². The molecule has 0 spiro atoms. The van der Waals surface area contributed by atoms with Gasteiger partial charge < -0.3 is 0 Å². The van der Waals surface area contributed by atoms with Crippen molar-refractivity contribution in [3.8, 4) is 0 Å². The van der Waals surface area contributed by atoms with Crippen molar-refractivity contribution in [2.45, 2.75) is 9.79 Å². The summed E-state index contributed by atoms with van der Waals surface area (Å²) in [6, 6.07) is 9.55. The summed E-state index contributed by atoms with van der Waals surface area (Å²) in [5.74, 6) is 0. The topological polar surface area (TPSA) is 34.1 Å². The maximum Gasteiger partial charge on any atom is 0.207 e. The van der Waals surface area contributed by atoms with Gasteiger partial charge in [0.15, 0.2) is 0 Å². The molecule has 0 unspecified atom stereocenters. The van der Waals surface area contributed by atoms with Crippen molar-refractivity contribution < 1.29 is 8.42 Å². The summed E-state index contributed by atoms with van der Waals surface area (Å²) in [7, 11) is -3.65. The van der Waals surface area contributed by atoms with Gasteiger partial charge in [-0.2, -0.15) is 0 Å². The van der Waals surface area contributed by atoms with Crippen molar-refractivity contribution in [1.29, 1.82) is 0 Å². The number of hydrogen-bond acceptors (Lipinski definition) is 2. The summed E-state index contributed by atoms with van der Waals surface area (Å²) in [5, 5.41) is 0.422. The van der Waals surface area contributed by atoms with Gasteiger partial charge in [-0.15, -0.1) is 0 Å². The number of benzene rings is 2. The molecule has 0 saturated carbocycles. The van der Waals surface area contributed by atoms with Crippen LogP contribution in [0.4, 0.5) is 0 Å². The lowest BCUT2D eigenvalue weighted by atomic mass is 10.3. The summed E-state index contributed by atoms with van der Waals surface area (Å²) < 4.78 is 25.7. The van der Waals surface area contributed by atoms with Gasteiger partial charge in [0.05, 0.1) is 24.3 Å². The number of halogens is 4. The van der Waals surface area contributed by atoms with E-state index < -0.39 is 9.84 Å². The monoisotopic (exact) mass is 442 g/mol. The molecular weight excluding hydrogens is 439 g/mol. The molecule has 0 aliphatic heterocycles. The second kappa shape index (κ2) is 5.74. The lowest BCUT2D eigenvalue weighted by Crippen LogP contribution is -2.03. The molecule has 100 valence electrons. The third kappa shape index (κ3) is 2.85. The van der Waals surface area contributed by atoms with Crippen molar-refractivity contribution in [2.24, 2.45) is 0 Å². The lowest BCUT2D eigenvalue weighted by molar-refractivity contribution is 0.595. The molecule has 0 aromatic heterocycles. The van der Waals surface area contributed by atoms with Gasteiger partial charge in [0.1, 0.15) is 0 Å². The fraction of sp³-hybridized carbons (Fsp3) is 0. The molecule has 7 heteroatoms. The van der Waals surface area contributed by atoms with E-state index in [4.69, 9.17) is 23.2 Å². The van der Waals surface area contributed by atoms with Crippen molar-refractivity contribution in [3.05, 3.63) is 55.4 Å². The van der Waals surface area contributed by atoms with Crippen molar-refractivity contribution in [3.63, 3.8) is 0 Å². The Hall–Kier alpha value is -0.0700. The van der Waals surface area contributed by atoms with E-state index in [9.17, 15) is 8.42 Å². The molecule has 2 nitrogen and oxygen atoms in total. The summed E-state index contributed by atoms with van der Waals surface area (Å²) in [6.45, 7) is 0. The van der Waals surface area contributed by atoms with E-state index in [0.29, 0.717) is 4.47 Å². The molecule has 19 heavy (non-hydrogen) atoms. The van der Waals surface area contributed by atoms with Gasteiger partial charge in [0.2, 0.25) is 9.84 Å². The molecule has 0 aliphatic rings. The molecule has 0 atom stereocenters. The standard InChI is InChI=1S/C12H6Br2Cl2O2S/c13-8-6-9(10(14)12(16)11(8)15)19(17,18)7-4-2-1-3-5-7/h1-6H. The van der Waals surface area contributed by atoms with Crippen LogP contribution in [0.5, 0.6) is 0 Å². The Morgan fingerprint density at radius 1 is 0.947 bits per heavy atom. The Kier molecular flexibility index (Phi) is 4.63. The van der Waals surface area contributed by atoms with Crippen molar-refractivity contribution in [2.75, 3.05) is 0 Å². The van der Waals surface area contributed by atoms with Gasteiger partial charge in [-0.25, -0.2) is 8.42 Å². The number of hydrogen-bond donors (Lipinski definition) is 0. The Morgan fingerprint density at radius 2 is 1.53 bits per heavy atom. The smallest absolute Gasteiger partial charge is 0.207 e. The maximum atomic E-state index is 12.5. The van der Waals surface area contributed by atoms with E-state index in [1.54, 1.807) is 18.2 Å². The molecule has 0 N–H and O–H groups in total. The molecule has 0 heterocycles. The van der Waals surface area contributed by atoms with Crippen LogP contribution in [-0.2, 0) is 9.84 Å². The minimum absolute atomic E-state index is 0.0694. The predicted octanol–water partition coefficient (Wildman–Crippen LogP) is 5.35. The first-order valence-electron chi connectivity index (χ1n) is 4.99. The van der Waals surface area contributed by atoms with Crippen LogP contribution in [0.25, 0.3) is 0 Å². The summed E-state index contributed by atoms with van der Waals surface area (Å²) in [5.41, 5.74) is 0. The number of rotatable bonds is 2. The fourth-order valence-corrected chi connectivity index (χ4v) is 5.02. The molecular formula is C12H6Br2Cl2O2S. The van der Waals surface area contributed by atoms with Crippen LogP contribution in [0.2, 0.25) is 10.0 Å². The predicted molar refractivity (Wildman–Crippen MR) is 83.8 cm³/mol. The fourth-order valence-electron chi connectivity index (χ4n) is 1.47. The average Bonchev–Trinajstić information content (AvgIpc) is 2.41. The Bertz CT molecular complexity index is 731. The molecule has 2 aromatic rings. The number of sulfone groups is 1. The largest absolute Gasteiger partial charge is 0.218 e. The minimum Gasteiger partial charge on any atom is -0.218 e. The third-order valence-corrected chi connectivity index (χ3v) is 7.24. The van der Waals surface area contributed by atoms with Gasteiger partial charge in [0.25, 0.3) is 0 Å². The zero-order valence-corrected chi connectivity index (χ0v) is 14.7. The van der Waals surface area contributed by atoms with Crippen LogP contribution in [0.1, 0.15) is 0 Å². The first-order valence-corrected chi connectivity index (χ1v) is 8.81. The Labute approximate surface area is 137 Å². The first-order chi connectivity index (χ1) is 8.85. The molecule has 0 saturated heterocycles. The summed E-state index contributed by atoms with van der Waals surface area (Å²) >= 11 is 18.3. The second-order valence-electron chi connectivity index (χ2n) is 3.61. The Morgan fingerprint density at radius 3 is 2.11 bits per heavy atom. The second-order valence-corrected chi connectivity index (χ2v) is 7.94. The van der Waals surface area contributed by atoms with E-state index in [1.165, 1.54) is 18.2 Å². The van der Waals surface area contributed by atoms with Crippen molar-refractivity contribution in [1.82, 2.24) is 0 Å². The summed E-state index contributed by atoms with van der Waals surface area (Å²) in [6.07, 6.45) is 0. The van der Waals surface area contributed by atoms with E-state index in [0.717, 1.165) is 0 Å². The van der Waals surface area contributed by atoms with Crippen LogP contribution in [-0.4, -0.2) is 8.42 Å². The van der Waals surface area contributed by atoms with Crippen LogP contribution in [0.3, 0.4) is 0 Å². The van der Waals surface area contributed by atoms with Crippen LogP contribution in [0.15, 0.2) is 55.1 Å². The van der Waals surface area contributed by atoms with E-state index in [2.05, 4.69) is 31.9 Å². The average molecular weight is 445 g/mol. The molecule has 0 fully saturated rings. The molecule has 0 amide bonds. The maximum absolute atomic E-state index is 12.5. The minimum atomic E-state index is -3.65. The Balaban J connectivity index is 2.73. The van der Waals surface area contributed by atoms with Crippen LogP contribution >= 0.6 is 55.1 Å². The van der Waals surface area contributed by atoms with E-state index >= 15 is 0 Å². The van der Waals surface area contributed by atoms with E-state index in [1.807, 2.05) is 0 Å². The first kappa shape index (κ1) is 15.3. The SMILES string of the molecule is O=S(=O)(c1ccccc1)c1cc(Br)c(Cl)c(Cl)c1Br. The molecule has 2 rings (SSSR count). The highest BCUT2D eigenvalue weighted by Gasteiger charge is 2.24. The lowest BCUT2D eigenvalue weighted by Gasteiger charge is -2.10. The molecule has 2 aromatic carbocycles. The van der Waals surface area contributed by atoms with Crippen LogP contribution in [0, 0.1) is 0 Å². The van der Waals surface area contributed by atoms with Gasteiger partial charge in [0, 0.05) is 4.47 Å². The molecule has 0 radical (unpaired) electrons. The molecule has 0 aliphatic carbocycles. The highest BCUT2D eigenvalue weighted by Crippen LogP contribution is 2.41. The van der Waals surface area contributed by atoms with Crippen molar-refractivity contribution >= 4 is 64.9 Å². The zero-order valence-electron chi connectivity index (χ0n) is 9.20. The quantitative estimate of drug-likeness (QED) is 0.462. The highest BCUT2D eigenvalue weighted by atomic mass is 79.9. The third-order valence-electron chi connectivity index (χ3n) is 2.41. The van der Waals surface area contributed by atoms with Gasteiger partial charge in [-0.05, 0) is 50.1 Å².